The van der Waals surface area contributed by atoms with Gasteiger partial charge < -0.3 is 10.6 Å². The maximum Gasteiger partial charge on any atom is 0.237 e. The van der Waals surface area contributed by atoms with Crippen LogP contribution >= 0.6 is 11.8 Å². The fourth-order valence-corrected chi connectivity index (χ4v) is 3.87. The molecule has 1 amide bonds. The number of hydrogen-bond donors (Lipinski definition) is 2. The number of amides is 1. The average molecular weight is 270 g/mol. The van der Waals surface area contributed by atoms with Gasteiger partial charge in [-0.15, -0.1) is 0 Å². The van der Waals surface area contributed by atoms with Gasteiger partial charge in [0.1, 0.15) is 0 Å². The molecule has 1 aliphatic carbocycles. The third-order valence-corrected chi connectivity index (χ3v) is 5.28. The van der Waals surface area contributed by atoms with Crippen molar-refractivity contribution in [3.8, 4) is 0 Å². The molecule has 1 heterocycles. The minimum absolute atomic E-state index is 0.0622. The van der Waals surface area contributed by atoms with Crippen molar-refractivity contribution in [2.45, 2.75) is 64.1 Å². The SMILES string of the molecule is CCSCC(C)NC(=O)C1CC2CCCCC2N1. The van der Waals surface area contributed by atoms with Gasteiger partial charge in [-0.25, -0.2) is 0 Å². The molecule has 4 heteroatoms. The number of hydrogen-bond acceptors (Lipinski definition) is 3. The van der Waals surface area contributed by atoms with Gasteiger partial charge in [0.2, 0.25) is 5.91 Å². The molecule has 1 saturated heterocycles. The van der Waals surface area contributed by atoms with Gasteiger partial charge >= 0.3 is 0 Å². The zero-order valence-electron chi connectivity index (χ0n) is 11.6. The van der Waals surface area contributed by atoms with E-state index in [4.69, 9.17) is 0 Å². The first-order valence-corrected chi connectivity index (χ1v) is 8.50. The lowest BCUT2D eigenvalue weighted by atomic mass is 9.85. The van der Waals surface area contributed by atoms with Crippen molar-refractivity contribution in [3.63, 3.8) is 0 Å². The summed E-state index contributed by atoms with van der Waals surface area (Å²) in [7, 11) is 0. The predicted molar refractivity (Wildman–Crippen MR) is 77.9 cm³/mol. The lowest BCUT2D eigenvalue weighted by molar-refractivity contribution is -0.123. The van der Waals surface area contributed by atoms with Crippen LogP contribution in [-0.4, -0.2) is 35.5 Å². The lowest BCUT2D eigenvalue weighted by Crippen LogP contribution is -2.46. The van der Waals surface area contributed by atoms with Crippen molar-refractivity contribution in [2.75, 3.05) is 11.5 Å². The van der Waals surface area contributed by atoms with E-state index in [9.17, 15) is 4.79 Å². The van der Waals surface area contributed by atoms with Gasteiger partial charge in [-0.2, -0.15) is 11.8 Å². The normalized spacial score (nSPS) is 32.9. The molecular weight excluding hydrogens is 244 g/mol. The summed E-state index contributed by atoms with van der Waals surface area (Å²) < 4.78 is 0. The van der Waals surface area contributed by atoms with Crippen LogP contribution in [0.5, 0.6) is 0 Å². The van der Waals surface area contributed by atoms with E-state index in [1.807, 2.05) is 11.8 Å². The molecule has 1 aliphatic heterocycles. The molecule has 0 spiro atoms. The Morgan fingerprint density at radius 2 is 2.22 bits per heavy atom. The number of carbonyl (C=O) groups is 1. The molecule has 0 bridgehead atoms. The molecule has 0 aromatic heterocycles. The summed E-state index contributed by atoms with van der Waals surface area (Å²) in [6.45, 7) is 4.25. The summed E-state index contributed by atoms with van der Waals surface area (Å²) in [6, 6.07) is 0.953. The summed E-state index contributed by atoms with van der Waals surface area (Å²) in [6.07, 6.45) is 6.29. The van der Waals surface area contributed by atoms with Crippen molar-refractivity contribution < 1.29 is 4.79 Å². The fourth-order valence-electron chi connectivity index (χ4n) is 3.20. The maximum atomic E-state index is 12.2. The van der Waals surface area contributed by atoms with Crippen LogP contribution in [-0.2, 0) is 4.79 Å². The third kappa shape index (κ3) is 3.64. The summed E-state index contributed by atoms with van der Waals surface area (Å²) in [4.78, 5) is 12.2. The summed E-state index contributed by atoms with van der Waals surface area (Å²) >= 11 is 1.89. The molecule has 18 heavy (non-hydrogen) atoms. The summed E-state index contributed by atoms with van der Waals surface area (Å²) in [5.41, 5.74) is 0. The Labute approximate surface area is 115 Å². The van der Waals surface area contributed by atoms with Crippen molar-refractivity contribution in [1.82, 2.24) is 10.6 Å². The standard InChI is InChI=1S/C14H26N2OS/c1-3-18-9-10(2)15-14(17)13-8-11-6-4-5-7-12(11)16-13/h10-13,16H,3-9H2,1-2H3,(H,15,17). The second-order valence-corrected chi connectivity index (χ2v) is 6.99. The van der Waals surface area contributed by atoms with E-state index in [-0.39, 0.29) is 18.0 Å². The van der Waals surface area contributed by atoms with Gasteiger partial charge in [0.05, 0.1) is 6.04 Å². The Morgan fingerprint density at radius 1 is 1.44 bits per heavy atom. The molecule has 2 N–H and O–H groups in total. The first kappa shape index (κ1) is 14.2. The van der Waals surface area contributed by atoms with E-state index in [1.165, 1.54) is 25.7 Å². The Kier molecular flexibility index (Phi) is 5.37. The lowest BCUT2D eigenvalue weighted by Gasteiger charge is -2.24. The molecule has 4 atom stereocenters. The van der Waals surface area contributed by atoms with E-state index in [2.05, 4.69) is 24.5 Å². The number of fused-ring (bicyclic) bond motifs is 1. The Morgan fingerprint density at radius 3 is 2.94 bits per heavy atom. The molecule has 0 aromatic carbocycles. The van der Waals surface area contributed by atoms with E-state index < -0.39 is 0 Å². The van der Waals surface area contributed by atoms with Crippen molar-refractivity contribution in [1.29, 1.82) is 0 Å². The number of carbonyl (C=O) groups excluding carboxylic acids is 1. The Hall–Kier alpha value is -0.220. The highest BCUT2D eigenvalue weighted by Crippen LogP contribution is 2.33. The molecule has 4 unspecified atom stereocenters. The van der Waals surface area contributed by atoms with E-state index in [0.29, 0.717) is 6.04 Å². The van der Waals surface area contributed by atoms with E-state index in [0.717, 1.165) is 23.8 Å². The van der Waals surface area contributed by atoms with Crippen molar-refractivity contribution in [2.24, 2.45) is 5.92 Å². The summed E-state index contributed by atoms with van der Waals surface area (Å²) in [5.74, 6) is 3.09. The van der Waals surface area contributed by atoms with Gasteiger partial charge in [-0.05, 0) is 37.9 Å². The van der Waals surface area contributed by atoms with Crippen LogP contribution in [0.3, 0.4) is 0 Å². The predicted octanol–water partition coefficient (Wildman–Crippen LogP) is 2.16. The average Bonchev–Trinajstić information content (AvgIpc) is 2.80. The van der Waals surface area contributed by atoms with Crippen molar-refractivity contribution in [3.05, 3.63) is 0 Å². The summed E-state index contributed by atoms with van der Waals surface area (Å²) in [5, 5.41) is 6.68. The molecule has 0 radical (unpaired) electrons. The zero-order valence-corrected chi connectivity index (χ0v) is 12.4. The van der Waals surface area contributed by atoms with E-state index >= 15 is 0 Å². The number of thioether (sulfide) groups is 1. The number of rotatable bonds is 5. The molecule has 104 valence electrons. The first-order chi connectivity index (χ1) is 8.70. The monoisotopic (exact) mass is 270 g/mol. The smallest absolute Gasteiger partial charge is 0.237 e. The van der Waals surface area contributed by atoms with Crippen LogP contribution in [0.15, 0.2) is 0 Å². The molecule has 2 rings (SSSR count). The van der Waals surface area contributed by atoms with Gasteiger partial charge in [-0.3, -0.25) is 4.79 Å². The molecule has 0 aromatic rings. The third-order valence-electron chi connectivity index (χ3n) is 4.14. The van der Waals surface area contributed by atoms with Crippen molar-refractivity contribution >= 4 is 17.7 Å². The zero-order chi connectivity index (χ0) is 13.0. The first-order valence-electron chi connectivity index (χ1n) is 7.35. The van der Waals surface area contributed by atoms with Gasteiger partial charge in [0.15, 0.2) is 0 Å². The Bertz CT molecular complexity index is 271. The van der Waals surface area contributed by atoms with Gasteiger partial charge in [-0.1, -0.05) is 19.8 Å². The highest BCUT2D eigenvalue weighted by Gasteiger charge is 2.38. The minimum atomic E-state index is 0.0622. The highest BCUT2D eigenvalue weighted by atomic mass is 32.2. The molecule has 3 nitrogen and oxygen atoms in total. The van der Waals surface area contributed by atoms with Crippen LogP contribution in [0.1, 0.15) is 46.0 Å². The molecule has 1 saturated carbocycles. The van der Waals surface area contributed by atoms with Crippen LogP contribution in [0.2, 0.25) is 0 Å². The van der Waals surface area contributed by atoms with Gasteiger partial charge in [0, 0.05) is 17.8 Å². The van der Waals surface area contributed by atoms with Crippen LogP contribution < -0.4 is 10.6 Å². The number of nitrogens with one attached hydrogen (secondary N) is 2. The second-order valence-electron chi connectivity index (χ2n) is 5.68. The fraction of sp³-hybridized carbons (Fsp3) is 0.929. The molecule has 2 aliphatic rings. The maximum absolute atomic E-state index is 12.2. The van der Waals surface area contributed by atoms with Crippen LogP contribution in [0.25, 0.3) is 0 Å². The minimum Gasteiger partial charge on any atom is -0.351 e. The molecular formula is C14H26N2OS. The Balaban J connectivity index is 1.76. The van der Waals surface area contributed by atoms with Crippen LogP contribution in [0, 0.1) is 5.92 Å². The van der Waals surface area contributed by atoms with E-state index in [1.54, 1.807) is 0 Å². The van der Waals surface area contributed by atoms with Gasteiger partial charge in [0.25, 0.3) is 0 Å². The topological polar surface area (TPSA) is 41.1 Å². The second kappa shape index (κ2) is 6.80. The van der Waals surface area contributed by atoms with Crippen LogP contribution in [0.4, 0.5) is 0 Å². The largest absolute Gasteiger partial charge is 0.351 e. The highest BCUT2D eigenvalue weighted by molar-refractivity contribution is 7.99. The quantitative estimate of drug-likeness (QED) is 0.804. The molecule has 2 fully saturated rings.